The highest BCUT2D eigenvalue weighted by Gasteiger charge is 2.02. The summed E-state index contributed by atoms with van der Waals surface area (Å²) < 4.78 is 1.03. The summed E-state index contributed by atoms with van der Waals surface area (Å²) in [5.74, 6) is -0.771. The third-order valence-corrected chi connectivity index (χ3v) is 2.69. The number of rotatable bonds is 3. The summed E-state index contributed by atoms with van der Waals surface area (Å²) in [6, 6.07) is 5.51. The number of aliphatic carboxylic acids is 1. The molecule has 70 valence electrons. The summed E-state index contributed by atoms with van der Waals surface area (Å²) in [5.41, 5.74) is 7.31. The van der Waals surface area contributed by atoms with Gasteiger partial charge in [-0.2, -0.15) is 0 Å². The maximum Gasteiger partial charge on any atom is 0.303 e. The van der Waals surface area contributed by atoms with Crippen molar-refractivity contribution in [1.82, 2.24) is 0 Å². The normalized spacial score (nSPS) is 9.92. The molecule has 1 rings (SSSR count). The van der Waals surface area contributed by atoms with Crippen LogP contribution in [0.4, 0.5) is 5.69 Å². The summed E-state index contributed by atoms with van der Waals surface area (Å²) >= 11 is 2.16. The molecule has 0 aliphatic carbocycles. The molecule has 13 heavy (non-hydrogen) atoms. The van der Waals surface area contributed by atoms with Crippen molar-refractivity contribution in [3.05, 3.63) is 27.3 Å². The number of nitrogen functional groups attached to an aromatic ring is 1. The van der Waals surface area contributed by atoms with Crippen molar-refractivity contribution in [2.75, 3.05) is 5.73 Å². The predicted octanol–water partition coefficient (Wildman–Crippen LogP) is 1.89. The lowest BCUT2D eigenvalue weighted by atomic mass is 10.1. The summed E-state index contributed by atoms with van der Waals surface area (Å²) in [4.78, 5) is 10.3. The first-order chi connectivity index (χ1) is 6.09. The Morgan fingerprint density at radius 2 is 2.23 bits per heavy atom. The van der Waals surface area contributed by atoms with Gasteiger partial charge in [-0.05, 0) is 46.7 Å². The van der Waals surface area contributed by atoms with E-state index in [0.29, 0.717) is 12.1 Å². The summed E-state index contributed by atoms with van der Waals surface area (Å²) in [5, 5.41) is 8.49. The van der Waals surface area contributed by atoms with E-state index in [1.54, 1.807) is 6.07 Å². The van der Waals surface area contributed by atoms with Gasteiger partial charge in [-0.3, -0.25) is 4.79 Å². The monoisotopic (exact) mass is 291 g/mol. The lowest BCUT2D eigenvalue weighted by Crippen LogP contribution is -1.99. The van der Waals surface area contributed by atoms with E-state index in [1.807, 2.05) is 12.1 Å². The van der Waals surface area contributed by atoms with E-state index in [4.69, 9.17) is 10.8 Å². The van der Waals surface area contributed by atoms with Crippen LogP contribution < -0.4 is 5.73 Å². The molecule has 0 aliphatic heterocycles. The Balaban J connectivity index is 2.72. The highest BCUT2D eigenvalue weighted by Crippen LogP contribution is 2.17. The molecule has 0 heterocycles. The number of hydrogen-bond donors (Lipinski definition) is 2. The molecule has 0 fully saturated rings. The fourth-order valence-corrected chi connectivity index (χ4v) is 1.82. The van der Waals surface area contributed by atoms with E-state index in [0.717, 1.165) is 9.13 Å². The van der Waals surface area contributed by atoms with Crippen molar-refractivity contribution in [3.8, 4) is 0 Å². The Hall–Kier alpha value is -0.780. The Bertz CT molecular complexity index is 325. The number of carboxylic acid groups (broad SMARTS) is 1. The number of nitrogens with two attached hydrogens (primary N) is 1. The SMILES string of the molecule is Nc1ccc(CCC(=O)O)c(I)c1. The first kappa shape index (κ1) is 10.3. The molecule has 0 spiro atoms. The molecule has 4 heteroatoms. The summed E-state index contributed by atoms with van der Waals surface area (Å²) in [6.07, 6.45) is 0.730. The van der Waals surface area contributed by atoms with Crippen LogP contribution in [-0.4, -0.2) is 11.1 Å². The van der Waals surface area contributed by atoms with Crippen LogP contribution in [0.15, 0.2) is 18.2 Å². The quantitative estimate of drug-likeness (QED) is 0.660. The average Bonchev–Trinajstić information content (AvgIpc) is 2.02. The zero-order valence-electron chi connectivity index (χ0n) is 6.96. The van der Waals surface area contributed by atoms with Gasteiger partial charge in [0, 0.05) is 15.7 Å². The van der Waals surface area contributed by atoms with Gasteiger partial charge >= 0.3 is 5.97 Å². The molecular weight excluding hydrogens is 281 g/mol. The van der Waals surface area contributed by atoms with Crippen LogP contribution in [-0.2, 0) is 11.2 Å². The number of anilines is 1. The fourth-order valence-electron chi connectivity index (χ4n) is 1.01. The summed E-state index contributed by atoms with van der Waals surface area (Å²) in [7, 11) is 0. The molecular formula is C9H10INO2. The number of halogens is 1. The Kier molecular flexibility index (Phi) is 3.53. The molecule has 0 unspecified atom stereocenters. The minimum absolute atomic E-state index is 0.167. The van der Waals surface area contributed by atoms with Crippen LogP contribution in [0.5, 0.6) is 0 Å². The van der Waals surface area contributed by atoms with Crippen molar-refractivity contribution < 1.29 is 9.90 Å². The topological polar surface area (TPSA) is 63.3 Å². The number of carbonyl (C=O) groups is 1. The Morgan fingerprint density at radius 1 is 1.54 bits per heavy atom. The number of hydrogen-bond acceptors (Lipinski definition) is 2. The van der Waals surface area contributed by atoms with Gasteiger partial charge in [0.15, 0.2) is 0 Å². The molecule has 0 aliphatic rings. The second kappa shape index (κ2) is 4.45. The molecule has 0 bridgehead atoms. The average molecular weight is 291 g/mol. The van der Waals surface area contributed by atoms with Gasteiger partial charge in [-0.25, -0.2) is 0 Å². The van der Waals surface area contributed by atoms with E-state index in [9.17, 15) is 4.79 Å². The van der Waals surface area contributed by atoms with E-state index in [2.05, 4.69) is 22.6 Å². The first-order valence-corrected chi connectivity index (χ1v) is 4.93. The van der Waals surface area contributed by atoms with Gasteiger partial charge in [0.1, 0.15) is 0 Å². The van der Waals surface area contributed by atoms with Crippen LogP contribution >= 0.6 is 22.6 Å². The van der Waals surface area contributed by atoms with E-state index in [1.165, 1.54) is 0 Å². The molecule has 0 amide bonds. The Labute approximate surface area is 90.1 Å². The number of benzene rings is 1. The third-order valence-electron chi connectivity index (χ3n) is 1.69. The van der Waals surface area contributed by atoms with Crippen molar-refractivity contribution in [3.63, 3.8) is 0 Å². The van der Waals surface area contributed by atoms with Crippen molar-refractivity contribution in [2.45, 2.75) is 12.8 Å². The second-order valence-electron chi connectivity index (χ2n) is 2.74. The number of carboxylic acids is 1. The fraction of sp³-hybridized carbons (Fsp3) is 0.222. The Morgan fingerprint density at radius 3 is 2.77 bits per heavy atom. The molecule has 0 aromatic heterocycles. The highest BCUT2D eigenvalue weighted by molar-refractivity contribution is 14.1. The molecule has 0 saturated heterocycles. The smallest absolute Gasteiger partial charge is 0.303 e. The maximum atomic E-state index is 10.3. The van der Waals surface area contributed by atoms with E-state index < -0.39 is 5.97 Å². The second-order valence-corrected chi connectivity index (χ2v) is 3.91. The molecule has 3 N–H and O–H groups in total. The molecule has 3 nitrogen and oxygen atoms in total. The molecule has 0 radical (unpaired) electrons. The van der Waals surface area contributed by atoms with E-state index in [-0.39, 0.29) is 6.42 Å². The van der Waals surface area contributed by atoms with Crippen LogP contribution in [0.3, 0.4) is 0 Å². The van der Waals surface area contributed by atoms with Crippen LogP contribution in [0, 0.1) is 3.57 Å². The lowest BCUT2D eigenvalue weighted by Gasteiger charge is -2.03. The minimum atomic E-state index is -0.771. The van der Waals surface area contributed by atoms with Crippen LogP contribution in [0.2, 0.25) is 0 Å². The van der Waals surface area contributed by atoms with Crippen molar-refractivity contribution in [1.29, 1.82) is 0 Å². The summed E-state index contributed by atoms with van der Waals surface area (Å²) in [6.45, 7) is 0. The molecule has 1 aromatic rings. The standard InChI is InChI=1S/C9H10INO2/c10-8-5-7(11)3-1-6(8)2-4-9(12)13/h1,3,5H,2,4,11H2,(H,12,13). The zero-order valence-corrected chi connectivity index (χ0v) is 9.11. The highest BCUT2D eigenvalue weighted by atomic mass is 127. The van der Waals surface area contributed by atoms with Gasteiger partial charge < -0.3 is 10.8 Å². The lowest BCUT2D eigenvalue weighted by molar-refractivity contribution is -0.136. The van der Waals surface area contributed by atoms with Gasteiger partial charge in [0.25, 0.3) is 0 Å². The predicted molar refractivity (Wildman–Crippen MR) is 59.5 cm³/mol. The van der Waals surface area contributed by atoms with Crippen LogP contribution in [0.25, 0.3) is 0 Å². The molecule has 0 saturated carbocycles. The molecule has 1 aromatic carbocycles. The first-order valence-electron chi connectivity index (χ1n) is 3.85. The maximum absolute atomic E-state index is 10.3. The minimum Gasteiger partial charge on any atom is -0.481 e. The van der Waals surface area contributed by atoms with Crippen LogP contribution in [0.1, 0.15) is 12.0 Å². The van der Waals surface area contributed by atoms with Crippen molar-refractivity contribution >= 4 is 34.2 Å². The van der Waals surface area contributed by atoms with E-state index >= 15 is 0 Å². The van der Waals surface area contributed by atoms with Gasteiger partial charge in [-0.1, -0.05) is 6.07 Å². The van der Waals surface area contributed by atoms with Crippen molar-refractivity contribution in [2.24, 2.45) is 0 Å². The van der Waals surface area contributed by atoms with Gasteiger partial charge in [0.2, 0.25) is 0 Å². The largest absolute Gasteiger partial charge is 0.481 e. The third kappa shape index (κ3) is 3.22. The zero-order chi connectivity index (χ0) is 9.84. The number of aryl methyl sites for hydroxylation is 1. The van der Waals surface area contributed by atoms with Gasteiger partial charge in [-0.15, -0.1) is 0 Å². The van der Waals surface area contributed by atoms with Gasteiger partial charge in [0.05, 0.1) is 0 Å². The molecule has 0 atom stereocenters.